The fourth-order valence-corrected chi connectivity index (χ4v) is 1.40. The van der Waals surface area contributed by atoms with Gasteiger partial charge < -0.3 is 10.6 Å². The van der Waals surface area contributed by atoms with Crippen LogP contribution in [-0.4, -0.2) is 39.6 Å². The van der Waals surface area contributed by atoms with Gasteiger partial charge in [-0.15, -0.1) is 10.2 Å². The molecule has 0 spiro atoms. The molecule has 1 atom stereocenters. The third-order valence-electron chi connectivity index (χ3n) is 2.56. The molecule has 0 bridgehead atoms. The van der Waals surface area contributed by atoms with Crippen LogP contribution in [0.3, 0.4) is 0 Å². The first-order chi connectivity index (χ1) is 8.70. The van der Waals surface area contributed by atoms with Crippen molar-refractivity contribution < 1.29 is 4.79 Å². The first-order valence-electron chi connectivity index (χ1n) is 5.52. The summed E-state index contributed by atoms with van der Waals surface area (Å²) in [6.45, 7) is 1.79. The highest BCUT2D eigenvalue weighted by atomic mass is 16.2. The van der Waals surface area contributed by atoms with Crippen molar-refractivity contribution in [3.63, 3.8) is 0 Å². The Morgan fingerprint density at radius 1 is 1.44 bits per heavy atom. The maximum Gasteiger partial charge on any atom is 0.241 e. The quantitative estimate of drug-likeness (QED) is 0.726. The number of hydrogen-bond donors (Lipinski definition) is 3. The van der Waals surface area contributed by atoms with Gasteiger partial charge in [0.1, 0.15) is 0 Å². The zero-order valence-corrected chi connectivity index (χ0v) is 10.1. The fraction of sp³-hybridized carbons (Fsp3) is 0.273. The number of nitrogens with one attached hydrogen (secondary N) is 3. The minimum absolute atomic E-state index is 0.0947. The number of aromatic amines is 1. The molecule has 2 aromatic rings. The van der Waals surface area contributed by atoms with E-state index in [0.29, 0.717) is 11.5 Å². The summed E-state index contributed by atoms with van der Waals surface area (Å²) in [6, 6.07) is 7.03. The van der Waals surface area contributed by atoms with Crippen molar-refractivity contribution in [3.05, 3.63) is 24.3 Å². The maximum atomic E-state index is 11.7. The molecule has 0 saturated carbocycles. The Morgan fingerprint density at radius 2 is 2.28 bits per heavy atom. The fourth-order valence-electron chi connectivity index (χ4n) is 1.40. The number of aromatic nitrogens is 4. The van der Waals surface area contributed by atoms with E-state index in [0.717, 1.165) is 5.56 Å². The van der Waals surface area contributed by atoms with Crippen molar-refractivity contribution >= 4 is 11.6 Å². The Morgan fingerprint density at radius 3 is 2.94 bits per heavy atom. The molecule has 1 unspecified atom stereocenters. The summed E-state index contributed by atoms with van der Waals surface area (Å²) in [6.07, 6.45) is 0. The lowest BCUT2D eigenvalue weighted by molar-refractivity contribution is -0.117. The van der Waals surface area contributed by atoms with Gasteiger partial charge in [0.05, 0.1) is 6.04 Å². The Hall–Kier alpha value is -2.28. The van der Waals surface area contributed by atoms with E-state index in [9.17, 15) is 4.79 Å². The van der Waals surface area contributed by atoms with Crippen LogP contribution in [-0.2, 0) is 4.79 Å². The lowest BCUT2D eigenvalue weighted by atomic mass is 10.2. The molecule has 1 aromatic heterocycles. The summed E-state index contributed by atoms with van der Waals surface area (Å²) in [7, 11) is 1.74. The van der Waals surface area contributed by atoms with Gasteiger partial charge in [-0.2, -0.15) is 5.21 Å². The number of carbonyl (C=O) groups excluding carboxylic acids is 1. The summed E-state index contributed by atoms with van der Waals surface area (Å²) < 4.78 is 0. The minimum Gasteiger partial charge on any atom is -0.325 e. The minimum atomic E-state index is -0.251. The molecular formula is C11H14N6O. The average Bonchev–Trinajstić information content (AvgIpc) is 2.92. The Bertz CT molecular complexity index is 524. The number of anilines is 1. The predicted octanol–water partition coefficient (Wildman–Crippen LogP) is 0.413. The van der Waals surface area contributed by atoms with E-state index in [1.807, 2.05) is 18.2 Å². The van der Waals surface area contributed by atoms with Crippen molar-refractivity contribution in [2.75, 3.05) is 12.4 Å². The molecular weight excluding hydrogens is 232 g/mol. The molecule has 1 heterocycles. The number of benzene rings is 1. The first-order valence-corrected chi connectivity index (χ1v) is 5.52. The van der Waals surface area contributed by atoms with Crippen LogP contribution in [0.25, 0.3) is 11.4 Å². The Kier molecular flexibility index (Phi) is 3.63. The topological polar surface area (TPSA) is 95.6 Å². The standard InChI is InChI=1S/C11H14N6O/c1-7(12-2)11(18)13-9-5-3-4-8(6-9)10-14-16-17-15-10/h3-7,12H,1-2H3,(H,13,18)(H,14,15,16,17). The van der Waals surface area contributed by atoms with Crippen molar-refractivity contribution in [3.8, 4) is 11.4 Å². The lowest BCUT2D eigenvalue weighted by Crippen LogP contribution is -2.35. The zero-order chi connectivity index (χ0) is 13.0. The molecule has 0 saturated heterocycles. The lowest BCUT2D eigenvalue weighted by Gasteiger charge is -2.11. The summed E-state index contributed by atoms with van der Waals surface area (Å²) in [5.74, 6) is 0.399. The number of rotatable bonds is 4. The molecule has 7 heteroatoms. The van der Waals surface area contributed by atoms with Crippen molar-refractivity contribution in [1.29, 1.82) is 0 Å². The number of carbonyl (C=O) groups is 1. The number of hydrogen-bond acceptors (Lipinski definition) is 5. The molecule has 1 amide bonds. The van der Waals surface area contributed by atoms with E-state index in [-0.39, 0.29) is 11.9 Å². The van der Waals surface area contributed by atoms with Crippen molar-refractivity contribution in [2.24, 2.45) is 0 Å². The molecule has 0 aliphatic heterocycles. The van der Waals surface area contributed by atoms with Gasteiger partial charge in [-0.3, -0.25) is 4.79 Å². The van der Waals surface area contributed by atoms with Gasteiger partial charge in [-0.1, -0.05) is 12.1 Å². The van der Waals surface area contributed by atoms with Crippen LogP contribution in [0.1, 0.15) is 6.92 Å². The summed E-state index contributed by atoms with van der Waals surface area (Å²) in [4.78, 5) is 11.7. The molecule has 3 N–H and O–H groups in total. The van der Waals surface area contributed by atoms with Crippen LogP contribution >= 0.6 is 0 Å². The Balaban J connectivity index is 2.16. The van der Waals surface area contributed by atoms with Crippen molar-refractivity contribution in [1.82, 2.24) is 25.9 Å². The first kappa shape index (κ1) is 12.2. The highest BCUT2D eigenvalue weighted by molar-refractivity contribution is 5.94. The third-order valence-corrected chi connectivity index (χ3v) is 2.56. The molecule has 94 valence electrons. The van der Waals surface area contributed by atoms with E-state index in [4.69, 9.17) is 0 Å². The highest BCUT2D eigenvalue weighted by Gasteiger charge is 2.11. The van der Waals surface area contributed by atoms with E-state index >= 15 is 0 Å². The van der Waals surface area contributed by atoms with Crippen molar-refractivity contribution in [2.45, 2.75) is 13.0 Å². The average molecular weight is 246 g/mol. The number of likely N-dealkylation sites (N-methyl/N-ethyl adjacent to an activating group) is 1. The molecule has 0 radical (unpaired) electrons. The SMILES string of the molecule is CNC(C)C(=O)Nc1cccc(-c2nn[nH]n2)c1. The number of amides is 1. The highest BCUT2D eigenvalue weighted by Crippen LogP contribution is 2.18. The van der Waals surface area contributed by atoms with Gasteiger partial charge in [-0.05, 0) is 31.3 Å². The Labute approximate surface area is 104 Å². The van der Waals surface area contributed by atoms with Crippen LogP contribution in [0, 0.1) is 0 Å². The second-order valence-electron chi connectivity index (χ2n) is 3.82. The summed E-state index contributed by atoms with van der Waals surface area (Å²) in [5.41, 5.74) is 1.49. The molecule has 0 aliphatic rings. The van der Waals surface area contributed by atoms with Crippen LogP contribution in [0.5, 0.6) is 0 Å². The number of H-pyrrole nitrogens is 1. The van der Waals surface area contributed by atoms with Gasteiger partial charge >= 0.3 is 0 Å². The zero-order valence-electron chi connectivity index (χ0n) is 10.1. The van der Waals surface area contributed by atoms with Gasteiger partial charge in [0, 0.05) is 11.3 Å². The molecule has 1 aromatic carbocycles. The van der Waals surface area contributed by atoms with Crippen LogP contribution in [0.4, 0.5) is 5.69 Å². The second kappa shape index (κ2) is 5.37. The third kappa shape index (κ3) is 2.69. The van der Waals surface area contributed by atoms with E-state index in [2.05, 4.69) is 31.3 Å². The molecule has 18 heavy (non-hydrogen) atoms. The summed E-state index contributed by atoms with van der Waals surface area (Å²) >= 11 is 0. The molecule has 2 rings (SSSR count). The predicted molar refractivity (Wildman–Crippen MR) is 66.8 cm³/mol. The van der Waals surface area contributed by atoms with Gasteiger partial charge in [-0.25, -0.2) is 0 Å². The van der Waals surface area contributed by atoms with Gasteiger partial charge in [0.25, 0.3) is 0 Å². The molecule has 0 aliphatic carbocycles. The maximum absolute atomic E-state index is 11.7. The van der Waals surface area contributed by atoms with Gasteiger partial charge in [0.15, 0.2) is 0 Å². The van der Waals surface area contributed by atoms with Crippen LogP contribution in [0.2, 0.25) is 0 Å². The van der Waals surface area contributed by atoms with E-state index in [1.165, 1.54) is 0 Å². The normalized spacial score (nSPS) is 12.1. The van der Waals surface area contributed by atoms with Crippen LogP contribution < -0.4 is 10.6 Å². The van der Waals surface area contributed by atoms with Crippen LogP contribution in [0.15, 0.2) is 24.3 Å². The van der Waals surface area contributed by atoms with E-state index in [1.54, 1.807) is 20.0 Å². The smallest absolute Gasteiger partial charge is 0.241 e. The molecule has 0 fully saturated rings. The second-order valence-corrected chi connectivity index (χ2v) is 3.82. The summed E-state index contributed by atoms with van der Waals surface area (Å²) in [5, 5.41) is 19.3. The van der Waals surface area contributed by atoms with E-state index < -0.39 is 0 Å². The largest absolute Gasteiger partial charge is 0.325 e. The monoisotopic (exact) mass is 246 g/mol. The number of nitrogens with zero attached hydrogens (tertiary/aromatic N) is 3. The van der Waals surface area contributed by atoms with Gasteiger partial charge in [0.2, 0.25) is 11.7 Å². The molecule has 7 nitrogen and oxygen atoms in total. The number of tetrazole rings is 1.